The normalized spacial score (nSPS) is 19.1. The Morgan fingerprint density at radius 2 is 2.23 bits per heavy atom. The molecule has 6 nitrogen and oxygen atoms in total. The number of hydrogen-bond donors (Lipinski definition) is 1. The lowest BCUT2D eigenvalue weighted by Gasteiger charge is -2.34. The van der Waals surface area contributed by atoms with Crippen LogP contribution in [0.15, 0.2) is 6.07 Å². The summed E-state index contributed by atoms with van der Waals surface area (Å²) in [5, 5.41) is 4.68. The molecule has 0 aliphatic carbocycles. The van der Waals surface area contributed by atoms with E-state index in [0.717, 1.165) is 61.0 Å². The van der Waals surface area contributed by atoms with Crippen LogP contribution in [0.2, 0.25) is 0 Å². The molecule has 0 aromatic carbocycles. The minimum absolute atomic E-state index is 0.199. The molecule has 1 unspecified atom stereocenters. The highest BCUT2D eigenvalue weighted by atomic mass is 16.5. The number of ether oxygens (including phenoxy) is 1. The predicted octanol–water partition coefficient (Wildman–Crippen LogP) is 1.46. The zero-order valence-corrected chi connectivity index (χ0v) is 13.7. The summed E-state index contributed by atoms with van der Waals surface area (Å²) in [5.74, 6) is 1.11. The fourth-order valence-electron chi connectivity index (χ4n) is 2.96. The van der Waals surface area contributed by atoms with E-state index in [4.69, 9.17) is 15.5 Å². The van der Waals surface area contributed by atoms with Crippen LogP contribution in [0.4, 0.5) is 5.82 Å². The van der Waals surface area contributed by atoms with Gasteiger partial charge in [0.15, 0.2) is 5.65 Å². The molecule has 120 valence electrons. The molecule has 0 amide bonds. The molecule has 1 aliphatic heterocycles. The maximum Gasteiger partial charge on any atom is 0.160 e. The number of aryl methyl sites for hydroxylation is 3. The first-order valence-electron chi connectivity index (χ1n) is 8.06. The van der Waals surface area contributed by atoms with Crippen molar-refractivity contribution in [1.82, 2.24) is 14.6 Å². The SMILES string of the molecule is CCc1cc(N2CCOC(CCN)C2)n2nc(C)c(C)c2n1. The molecule has 0 spiro atoms. The zero-order chi connectivity index (χ0) is 15.7. The van der Waals surface area contributed by atoms with E-state index >= 15 is 0 Å². The molecule has 3 rings (SSSR count). The maximum atomic E-state index is 5.80. The standard InChI is InChI=1S/C16H25N5O/c1-4-13-9-15(20-7-8-22-14(10-20)5-6-17)21-16(18-13)11(2)12(3)19-21/h9,14H,4-8,10,17H2,1-3H3. The number of morpholine rings is 1. The van der Waals surface area contributed by atoms with Crippen molar-refractivity contribution >= 4 is 11.5 Å². The minimum atomic E-state index is 0.199. The highest BCUT2D eigenvalue weighted by Crippen LogP contribution is 2.24. The fraction of sp³-hybridized carbons (Fsp3) is 0.625. The third kappa shape index (κ3) is 2.68. The van der Waals surface area contributed by atoms with E-state index < -0.39 is 0 Å². The molecule has 3 heterocycles. The van der Waals surface area contributed by atoms with Gasteiger partial charge in [-0.2, -0.15) is 9.61 Å². The summed E-state index contributed by atoms with van der Waals surface area (Å²) in [7, 11) is 0. The Labute approximate surface area is 131 Å². The lowest BCUT2D eigenvalue weighted by atomic mass is 10.2. The second kappa shape index (κ2) is 6.22. The molecular weight excluding hydrogens is 278 g/mol. The number of hydrogen-bond acceptors (Lipinski definition) is 5. The van der Waals surface area contributed by atoms with Crippen LogP contribution in [-0.2, 0) is 11.2 Å². The Kier molecular flexibility index (Phi) is 4.31. The van der Waals surface area contributed by atoms with Gasteiger partial charge >= 0.3 is 0 Å². The third-order valence-corrected chi connectivity index (χ3v) is 4.40. The molecule has 1 fully saturated rings. The van der Waals surface area contributed by atoms with Crippen molar-refractivity contribution in [2.24, 2.45) is 5.73 Å². The van der Waals surface area contributed by atoms with Gasteiger partial charge < -0.3 is 15.4 Å². The Hall–Kier alpha value is -1.66. The second-order valence-corrected chi connectivity index (χ2v) is 5.92. The monoisotopic (exact) mass is 303 g/mol. The molecule has 1 saturated heterocycles. The van der Waals surface area contributed by atoms with E-state index in [9.17, 15) is 0 Å². The Balaban J connectivity index is 2.03. The van der Waals surface area contributed by atoms with E-state index in [-0.39, 0.29) is 6.10 Å². The summed E-state index contributed by atoms with van der Waals surface area (Å²) in [6.07, 6.45) is 2.01. The van der Waals surface area contributed by atoms with E-state index in [1.807, 2.05) is 11.4 Å². The van der Waals surface area contributed by atoms with Crippen LogP contribution in [0.3, 0.4) is 0 Å². The first kappa shape index (κ1) is 15.2. The molecule has 6 heteroatoms. The van der Waals surface area contributed by atoms with Crippen molar-refractivity contribution in [1.29, 1.82) is 0 Å². The third-order valence-electron chi connectivity index (χ3n) is 4.40. The van der Waals surface area contributed by atoms with Crippen LogP contribution in [0.5, 0.6) is 0 Å². The van der Waals surface area contributed by atoms with Crippen molar-refractivity contribution < 1.29 is 4.74 Å². The lowest BCUT2D eigenvalue weighted by Crippen LogP contribution is -2.44. The highest BCUT2D eigenvalue weighted by molar-refractivity contribution is 5.57. The molecule has 2 aromatic heterocycles. The van der Waals surface area contributed by atoms with E-state index in [0.29, 0.717) is 6.54 Å². The molecule has 0 saturated carbocycles. The minimum Gasteiger partial charge on any atom is -0.374 e. The molecule has 0 radical (unpaired) electrons. The van der Waals surface area contributed by atoms with Crippen molar-refractivity contribution in [2.45, 2.75) is 39.7 Å². The number of anilines is 1. The predicted molar refractivity (Wildman–Crippen MR) is 87.5 cm³/mol. The van der Waals surface area contributed by atoms with Gasteiger partial charge in [-0.3, -0.25) is 0 Å². The summed E-state index contributed by atoms with van der Waals surface area (Å²) < 4.78 is 7.78. The van der Waals surface area contributed by atoms with E-state index in [1.54, 1.807) is 0 Å². The molecular formula is C16H25N5O. The zero-order valence-electron chi connectivity index (χ0n) is 13.7. The Bertz CT molecular complexity index is 664. The van der Waals surface area contributed by atoms with Crippen LogP contribution in [0.1, 0.15) is 30.3 Å². The van der Waals surface area contributed by atoms with Gasteiger partial charge in [-0.15, -0.1) is 0 Å². The summed E-state index contributed by atoms with van der Waals surface area (Å²) in [4.78, 5) is 7.10. The van der Waals surface area contributed by atoms with Gasteiger partial charge in [0, 0.05) is 30.4 Å². The highest BCUT2D eigenvalue weighted by Gasteiger charge is 2.23. The van der Waals surface area contributed by atoms with Crippen molar-refractivity contribution in [3.63, 3.8) is 0 Å². The summed E-state index contributed by atoms with van der Waals surface area (Å²) in [5.41, 5.74) is 9.94. The molecule has 22 heavy (non-hydrogen) atoms. The van der Waals surface area contributed by atoms with Crippen LogP contribution in [0, 0.1) is 13.8 Å². The van der Waals surface area contributed by atoms with Gasteiger partial charge in [-0.05, 0) is 33.2 Å². The molecule has 1 atom stereocenters. The molecule has 0 bridgehead atoms. The van der Waals surface area contributed by atoms with Gasteiger partial charge in [0.2, 0.25) is 0 Å². The van der Waals surface area contributed by atoms with Crippen LogP contribution < -0.4 is 10.6 Å². The second-order valence-electron chi connectivity index (χ2n) is 5.92. The van der Waals surface area contributed by atoms with Crippen LogP contribution >= 0.6 is 0 Å². The van der Waals surface area contributed by atoms with Crippen molar-refractivity contribution in [3.05, 3.63) is 23.0 Å². The Morgan fingerprint density at radius 1 is 1.41 bits per heavy atom. The quantitative estimate of drug-likeness (QED) is 0.926. The molecule has 2 aromatic rings. The molecule has 2 N–H and O–H groups in total. The first-order valence-corrected chi connectivity index (χ1v) is 8.06. The fourth-order valence-corrected chi connectivity index (χ4v) is 2.96. The smallest absolute Gasteiger partial charge is 0.160 e. The Morgan fingerprint density at radius 3 is 2.95 bits per heavy atom. The van der Waals surface area contributed by atoms with Gasteiger partial charge in [0.05, 0.1) is 18.4 Å². The van der Waals surface area contributed by atoms with E-state index in [2.05, 4.69) is 29.9 Å². The topological polar surface area (TPSA) is 68.7 Å². The number of nitrogens with zero attached hydrogens (tertiary/aromatic N) is 4. The maximum absolute atomic E-state index is 5.80. The number of rotatable bonds is 4. The summed E-state index contributed by atoms with van der Waals surface area (Å²) in [6.45, 7) is 9.39. The van der Waals surface area contributed by atoms with Gasteiger partial charge in [-0.1, -0.05) is 6.92 Å². The molecule has 1 aliphatic rings. The number of nitrogens with two attached hydrogens (primary N) is 1. The van der Waals surface area contributed by atoms with E-state index in [1.165, 1.54) is 0 Å². The summed E-state index contributed by atoms with van der Waals surface area (Å²) in [6, 6.07) is 2.16. The van der Waals surface area contributed by atoms with Crippen molar-refractivity contribution in [3.8, 4) is 0 Å². The average Bonchev–Trinajstić information content (AvgIpc) is 2.82. The van der Waals surface area contributed by atoms with Gasteiger partial charge in [0.25, 0.3) is 0 Å². The van der Waals surface area contributed by atoms with Gasteiger partial charge in [0.1, 0.15) is 5.82 Å². The first-order chi connectivity index (χ1) is 10.6. The van der Waals surface area contributed by atoms with Crippen LogP contribution in [-0.4, -0.2) is 46.9 Å². The van der Waals surface area contributed by atoms with Crippen molar-refractivity contribution in [2.75, 3.05) is 31.1 Å². The van der Waals surface area contributed by atoms with Crippen LogP contribution in [0.25, 0.3) is 5.65 Å². The lowest BCUT2D eigenvalue weighted by molar-refractivity contribution is 0.0365. The largest absolute Gasteiger partial charge is 0.374 e. The summed E-state index contributed by atoms with van der Waals surface area (Å²) >= 11 is 0. The van der Waals surface area contributed by atoms with Gasteiger partial charge in [-0.25, -0.2) is 4.98 Å². The average molecular weight is 303 g/mol. The number of aromatic nitrogens is 3. The number of fused-ring (bicyclic) bond motifs is 1.